The molecule has 0 bridgehead atoms. The summed E-state index contributed by atoms with van der Waals surface area (Å²) < 4.78 is 0. The van der Waals surface area contributed by atoms with Gasteiger partial charge >= 0.3 is 17.1 Å². The van der Waals surface area contributed by atoms with Crippen molar-refractivity contribution in [3.63, 3.8) is 0 Å². The van der Waals surface area contributed by atoms with Crippen LogP contribution in [0.15, 0.2) is 71.3 Å². The normalized spacial score (nSPS) is 13.4. The molecule has 0 unspecified atom stereocenters. The van der Waals surface area contributed by atoms with E-state index in [1.165, 1.54) is 51.4 Å². The topological polar surface area (TPSA) is 46.1 Å². The van der Waals surface area contributed by atoms with E-state index in [0.29, 0.717) is 24.4 Å². The summed E-state index contributed by atoms with van der Waals surface area (Å²) >= 11 is 0. The quantitative estimate of drug-likeness (QED) is 0.208. The summed E-state index contributed by atoms with van der Waals surface area (Å²) in [6, 6.07) is 0. The van der Waals surface area contributed by atoms with Gasteiger partial charge in [-0.2, -0.15) is 0 Å². The minimum absolute atomic E-state index is 0. The Hall–Kier alpha value is -1.44. The maximum Gasteiger partial charge on any atom is 2.00 e. The number of rotatable bonds is 12. The summed E-state index contributed by atoms with van der Waals surface area (Å²) in [7, 11) is 0. The Morgan fingerprint density at radius 1 is 0.552 bits per heavy atom. The van der Waals surface area contributed by atoms with Crippen LogP contribution < -0.4 is 10.2 Å². The van der Waals surface area contributed by atoms with Crippen LogP contribution in [0, 0.1) is 0 Å². The van der Waals surface area contributed by atoms with Crippen molar-refractivity contribution in [2.24, 2.45) is 0 Å². The van der Waals surface area contributed by atoms with Crippen molar-refractivity contribution in [1.29, 1.82) is 0 Å². The Morgan fingerprint density at radius 2 is 0.862 bits per heavy atom. The maximum absolute atomic E-state index is 11.5. The average Bonchev–Trinajstić information content (AvgIpc) is 3.42. The van der Waals surface area contributed by atoms with Gasteiger partial charge in [0.2, 0.25) is 0 Å². The molecule has 29 heavy (non-hydrogen) atoms. The van der Waals surface area contributed by atoms with Crippen LogP contribution >= 0.6 is 0 Å². The molecule has 0 radical (unpaired) electrons. The predicted octanol–water partition coefficient (Wildman–Crippen LogP) is 6.17. The standard InChI is InChI=1S/2C13H20O.Fe/c2*1-2-3-4-5-6-11-13(14)12-9-7-8-10-12;/h2*7-10,14H,2-6,11H2,1H3;/q;;+2/p-2. The van der Waals surface area contributed by atoms with E-state index in [0.717, 1.165) is 24.0 Å². The van der Waals surface area contributed by atoms with Gasteiger partial charge in [-0.1, -0.05) is 127 Å². The third kappa shape index (κ3) is 13.4. The fourth-order valence-electron chi connectivity index (χ4n) is 3.19. The van der Waals surface area contributed by atoms with Gasteiger partial charge in [0.25, 0.3) is 0 Å². The minimum Gasteiger partial charge on any atom is -0.875 e. The van der Waals surface area contributed by atoms with E-state index >= 15 is 0 Å². The maximum atomic E-state index is 11.5. The van der Waals surface area contributed by atoms with E-state index in [1.54, 1.807) is 0 Å². The first-order valence-corrected chi connectivity index (χ1v) is 11.2. The molecule has 3 heteroatoms. The molecule has 0 saturated carbocycles. The Kier molecular flexibility index (Phi) is 17.7. The third-order valence-electron chi connectivity index (χ3n) is 4.98. The first kappa shape index (κ1) is 27.6. The molecule has 0 atom stereocenters. The third-order valence-corrected chi connectivity index (χ3v) is 4.98. The molecule has 0 saturated heterocycles. The molecule has 2 nitrogen and oxygen atoms in total. The van der Waals surface area contributed by atoms with Crippen molar-refractivity contribution >= 4 is 0 Å². The second kappa shape index (κ2) is 18.6. The SMILES string of the molecule is CCCCCCCC([O-])=C1C=CC=C1.CCCCCCCC([O-])=C1C=CC=C1.[Fe+2]. The van der Waals surface area contributed by atoms with Gasteiger partial charge in [-0.3, -0.25) is 0 Å². The van der Waals surface area contributed by atoms with Crippen molar-refractivity contribution < 1.29 is 27.3 Å². The number of allylic oxidation sites excluding steroid dienone is 12. The summed E-state index contributed by atoms with van der Waals surface area (Å²) in [6.45, 7) is 4.41. The summed E-state index contributed by atoms with van der Waals surface area (Å²) in [5.41, 5.74) is 1.75. The van der Waals surface area contributed by atoms with Gasteiger partial charge in [-0.25, -0.2) is 0 Å². The molecule has 0 amide bonds. The molecule has 0 aliphatic heterocycles. The van der Waals surface area contributed by atoms with Crippen LogP contribution in [0.5, 0.6) is 0 Å². The second-order valence-electron chi connectivity index (χ2n) is 7.52. The largest absolute Gasteiger partial charge is 2.00 e. The molecule has 0 spiro atoms. The van der Waals surface area contributed by atoms with E-state index in [2.05, 4.69) is 13.8 Å². The molecule has 162 valence electrons. The number of hydrogen-bond donors (Lipinski definition) is 0. The van der Waals surface area contributed by atoms with Gasteiger partial charge in [0.1, 0.15) is 0 Å². The first-order valence-electron chi connectivity index (χ1n) is 11.2. The molecule has 2 rings (SSSR count). The van der Waals surface area contributed by atoms with E-state index < -0.39 is 0 Å². The van der Waals surface area contributed by atoms with E-state index in [-0.39, 0.29) is 17.1 Å². The summed E-state index contributed by atoms with van der Waals surface area (Å²) in [5, 5.41) is 23.1. The molecule has 0 heterocycles. The summed E-state index contributed by atoms with van der Waals surface area (Å²) in [6.07, 6.45) is 28.8. The van der Waals surface area contributed by atoms with Crippen LogP contribution in [0.2, 0.25) is 0 Å². The van der Waals surface area contributed by atoms with Crippen LogP contribution in [0.4, 0.5) is 0 Å². The van der Waals surface area contributed by atoms with Gasteiger partial charge in [-0.15, -0.1) is 11.5 Å². The Labute approximate surface area is 189 Å². The number of unbranched alkanes of at least 4 members (excludes halogenated alkanes) is 8. The molecule has 2 aliphatic carbocycles. The molecule has 0 fully saturated rings. The van der Waals surface area contributed by atoms with Gasteiger partial charge in [0.15, 0.2) is 0 Å². The average molecular weight is 438 g/mol. The first-order chi connectivity index (χ1) is 13.7. The number of hydrogen-bond acceptors (Lipinski definition) is 2. The predicted molar refractivity (Wildman–Crippen MR) is 117 cm³/mol. The Morgan fingerprint density at radius 3 is 1.17 bits per heavy atom. The molecule has 0 aromatic heterocycles. The molecular weight excluding hydrogens is 400 g/mol. The van der Waals surface area contributed by atoms with Crippen molar-refractivity contribution in [2.75, 3.05) is 0 Å². The summed E-state index contributed by atoms with van der Waals surface area (Å²) in [5.74, 6) is 0.595. The minimum atomic E-state index is 0. The molecule has 0 N–H and O–H groups in total. The van der Waals surface area contributed by atoms with Crippen molar-refractivity contribution in [3.8, 4) is 0 Å². The van der Waals surface area contributed by atoms with Crippen LogP contribution in [0.1, 0.15) is 90.9 Å². The van der Waals surface area contributed by atoms with Crippen LogP contribution in [-0.4, -0.2) is 0 Å². The zero-order chi connectivity index (χ0) is 20.5. The van der Waals surface area contributed by atoms with Crippen LogP contribution in [0.25, 0.3) is 0 Å². The summed E-state index contributed by atoms with van der Waals surface area (Å²) in [4.78, 5) is 0. The molecule has 2 aliphatic rings. The fraction of sp³-hybridized carbons (Fsp3) is 0.538. The van der Waals surface area contributed by atoms with Gasteiger partial charge in [0, 0.05) is 0 Å². The smallest absolute Gasteiger partial charge is 0.875 e. The van der Waals surface area contributed by atoms with Crippen LogP contribution in [0.3, 0.4) is 0 Å². The monoisotopic (exact) mass is 438 g/mol. The van der Waals surface area contributed by atoms with E-state index in [4.69, 9.17) is 0 Å². The van der Waals surface area contributed by atoms with E-state index in [1.807, 2.05) is 48.6 Å². The van der Waals surface area contributed by atoms with Crippen LogP contribution in [-0.2, 0) is 17.1 Å². The van der Waals surface area contributed by atoms with Gasteiger partial charge in [0.05, 0.1) is 0 Å². The van der Waals surface area contributed by atoms with Crippen molar-refractivity contribution in [1.82, 2.24) is 0 Å². The van der Waals surface area contributed by atoms with Gasteiger partial charge in [-0.05, 0) is 24.0 Å². The zero-order valence-electron chi connectivity index (χ0n) is 18.3. The van der Waals surface area contributed by atoms with Crippen molar-refractivity contribution in [3.05, 3.63) is 71.3 Å². The zero-order valence-corrected chi connectivity index (χ0v) is 19.4. The molecule has 0 aromatic carbocycles. The molecule has 0 aromatic rings. The van der Waals surface area contributed by atoms with Gasteiger partial charge < -0.3 is 10.2 Å². The Bertz CT molecular complexity index is 524. The fourth-order valence-corrected chi connectivity index (χ4v) is 3.19. The molecular formula is C26H38FeO2. The Balaban J connectivity index is 0.000000523. The van der Waals surface area contributed by atoms with Crippen molar-refractivity contribution in [2.45, 2.75) is 90.9 Å². The van der Waals surface area contributed by atoms with E-state index in [9.17, 15) is 10.2 Å². The second-order valence-corrected chi connectivity index (χ2v) is 7.52.